The van der Waals surface area contributed by atoms with E-state index >= 15 is 0 Å². The lowest BCUT2D eigenvalue weighted by Crippen LogP contribution is -2.42. The van der Waals surface area contributed by atoms with E-state index in [1.54, 1.807) is 21.3 Å². The Kier molecular flexibility index (Phi) is 11.5. The lowest BCUT2D eigenvalue weighted by Gasteiger charge is -2.24. The highest BCUT2D eigenvalue weighted by Crippen LogP contribution is 2.14. The maximum atomic E-state index is 5.62. The molecule has 0 heterocycles. The lowest BCUT2D eigenvalue weighted by atomic mass is 10.4. The van der Waals surface area contributed by atoms with Crippen molar-refractivity contribution >= 4 is 14.8 Å². The van der Waals surface area contributed by atoms with Gasteiger partial charge in [-0.15, -0.1) is 0 Å². The molecule has 0 amide bonds. The van der Waals surface area contributed by atoms with Gasteiger partial charge in [-0.25, -0.2) is 0 Å². The Hall–Kier alpha value is -0.673. The summed E-state index contributed by atoms with van der Waals surface area (Å²) in [5.74, 6) is 0.969. The number of nitrogens with zero attached hydrogens (tertiary/aromatic N) is 3. The van der Waals surface area contributed by atoms with Gasteiger partial charge in [-0.05, 0) is 12.8 Å². The van der Waals surface area contributed by atoms with Gasteiger partial charge in [0.1, 0.15) is 0 Å². The average molecular weight is 336 g/mol. The summed E-state index contributed by atoms with van der Waals surface area (Å²) in [4.78, 5) is 8.57. The van der Waals surface area contributed by atoms with Gasteiger partial charge in [0, 0.05) is 75.3 Å². The Labute approximate surface area is 136 Å². The molecule has 7 nitrogen and oxygen atoms in total. The van der Waals surface area contributed by atoms with E-state index in [1.807, 2.05) is 38.0 Å². The molecular formula is C14H33N3O4Si. The van der Waals surface area contributed by atoms with E-state index in [9.17, 15) is 0 Å². The molecule has 0 saturated heterocycles. The van der Waals surface area contributed by atoms with E-state index in [0.29, 0.717) is 13.2 Å². The molecule has 132 valence electrons. The number of hydrogen-bond donors (Lipinski definition) is 0. The molecule has 0 N–H and O–H groups in total. The largest absolute Gasteiger partial charge is 0.500 e. The summed E-state index contributed by atoms with van der Waals surface area (Å²) in [5, 5.41) is 0. The summed E-state index contributed by atoms with van der Waals surface area (Å²) in [6.45, 7) is 2.15. The van der Waals surface area contributed by atoms with Gasteiger partial charge in [0.25, 0.3) is 0 Å². The summed E-state index contributed by atoms with van der Waals surface area (Å²) < 4.78 is 21.7. The molecule has 0 aliphatic carbocycles. The Bertz CT molecular complexity index is 292. The molecule has 0 bridgehead atoms. The van der Waals surface area contributed by atoms with Crippen LogP contribution in [0.15, 0.2) is 4.99 Å². The van der Waals surface area contributed by atoms with Crippen LogP contribution in [0.25, 0.3) is 0 Å². The molecule has 0 aliphatic rings. The fraction of sp³-hybridized carbons (Fsp3) is 0.929. The van der Waals surface area contributed by atoms with Crippen molar-refractivity contribution in [3.8, 4) is 0 Å². The second-order valence-electron chi connectivity index (χ2n) is 5.34. The van der Waals surface area contributed by atoms with Gasteiger partial charge >= 0.3 is 8.80 Å². The fourth-order valence-electron chi connectivity index (χ4n) is 2.08. The fourth-order valence-corrected chi connectivity index (χ4v) is 3.77. The molecule has 0 spiro atoms. The predicted molar refractivity (Wildman–Crippen MR) is 91.3 cm³/mol. The van der Waals surface area contributed by atoms with Gasteiger partial charge < -0.3 is 27.8 Å². The van der Waals surface area contributed by atoms with Crippen molar-refractivity contribution in [2.45, 2.75) is 18.9 Å². The smallest absolute Gasteiger partial charge is 0.381 e. The first kappa shape index (κ1) is 21.3. The zero-order chi connectivity index (χ0) is 17.0. The van der Waals surface area contributed by atoms with Crippen molar-refractivity contribution in [1.29, 1.82) is 0 Å². The number of ether oxygens (including phenoxy) is 1. The highest BCUT2D eigenvalue weighted by atomic mass is 28.4. The monoisotopic (exact) mass is 335 g/mol. The van der Waals surface area contributed by atoms with Crippen LogP contribution in [0.5, 0.6) is 0 Å². The topological polar surface area (TPSA) is 55.8 Å². The van der Waals surface area contributed by atoms with E-state index < -0.39 is 8.80 Å². The van der Waals surface area contributed by atoms with Crippen LogP contribution in [0, 0.1) is 0 Å². The SMILES string of the molecule is CO[Si](CCCOCCCN=C(N(C)C)N(C)C)(OC)OC. The highest BCUT2D eigenvalue weighted by Gasteiger charge is 2.36. The second-order valence-corrected chi connectivity index (χ2v) is 8.43. The van der Waals surface area contributed by atoms with E-state index in [0.717, 1.165) is 31.4 Å². The number of aliphatic imine (C=N–C) groups is 1. The minimum Gasteiger partial charge on any atom is -0.381 e. The Morgan fingerprint density at radius 3 is 1.82 bits per heavy atom. The summed E-state index contributed by atoms with van der Waals surface area (Å²) in [5.41, 5.74) is 0. The normalized spacial score (nSPS) is 11.4. The average Bonchev–Trinajstić information content (AvgIpc) is 2.49. The maximum absolute atomic E-state index is 5.62. The van der Waals surface area contributed by atoms with Crippen LogP contribution >= 0.6 is 0 Å². The van der Waals surface area contributed by atoms with Gasteiger partial charge in [-0.3, -0.25) is 4.99 Å². The molecule has 0 radical (unpaired) electrons. The van der Waals surface area contributed by atoms with E-state index in [2.05, 4.69) is 4.99 Å². The van der Waals surface area contributed by atoms with E-state index in [1.165, 1.54) is 0 Å². The third kappa shape index (κ3) is 8.09. The molecule has 0 fully saturated rings. The summed E-state index contributed by atoms with van der Waals surface area (Å²) in [6.07, 6.45) is 1.78. The number of hydrogen-bond acceptors (Lipinski definition) is 5. The van der Waals surface area contributed by atoms with Crippen LogP contribution < -0.4 is 0 Å². The molecule has 0 atom stereocenters. The molecule has 0 saturated carbocycles. The Balaban J connectivity index is 3.81. The van der Waals surface area contributed by atoms with Crippen LogP contribution in [0.1, 0.15) is 12.8 Å². The molecule has 8 heteroatoms. The van der Waals surface area contributed by atoms with Crippen LogP contribution in [-0.4, -0.2) is 93.8 Å². The van der Waals surface area contributed by atoms with Gasteiger partial charge in [0.15, 0.2) is 5.96 Å². The van der Waals surface area contributed by atoms with Crippen molar-refractivity contribution in [3.63, 3.8) is 0 Å². The third-order valence-corrected chi connectivity index (χ3v) is 6.04. The summed E-state index contributed by atoms with van der Waals surface area (Å²) in [7, 11) is 10.4. The molecule has 0 aromatic rings. The van der Waals surface area contributed by atoms with Crippen LogP contribution in [0.2, 0.25) is 6.04 Å². The van der Waals surface area contributed by atoms with Crippen molar-refractivity contribution in [2.24, 2.45) is 4.99 Å². The van der Waals surface area contributed by atoms with Crippen molar-refractivity contribution in [3.05, 3.63) is 0 Å². The highest BCUT2D eigenvalue weighted by molar-refractivity contribution is 6.60. The van der Waals surface area contributed by atoms with Crippen molar-refractivity contribution in [1.82, 2.24) is 9.80 Å². The van der Waals surface area contributed by atoms with Gasteiger partial charge in [-0.2, -0.15) is 0 Å². The van der Waals surface area contributed by atoms with Crippen LogP contribution in [0.4, 0.5) is 0 Å². The van der Waals surface area contributed by atoms with Crippen molar-refractivity contribution < 1.29 is 18.0 Å². The minimum absolute atomic E-state index is 0.683. The Morgan fingerprint density at radius 2 is 1.36 bits per heavy atom. The standard InChI is InChI=1S/C14H33N3O4Si/c1-16(2)14(17(3)4)15-10-8-11-21-12-9-13-22(18-5,19-6)20-7/h8-13H2,1-7H3. The van der Waals surface area contributed by atoms with E-state index in [4.69, 9.17) is 18.0 Å². The number of rotatable bonds is 11. The molecule has 0 rings (SSSR count). The molecule has 0 aromatic carbocycles. The van der Waals surface area contributed by atoms with Crippen molar-refractivity contribution in [2.75, 3.05) is 69.3 Å². The quantitative estimate of drug-likeness (QED) is 0.244. The summed E-state index contributed by atoms with van der Waals surface area (Å²) >= 11 is 0. The minimum atomic E-state index is -2.45. The van der Waals surface area contributed by atoms with Crippen LogP contribution in [-0.2, 0) is 18.0 Å². The molecule has 22 heavy (non-hydrogen) atoms. The zero-order valence-electron chi connectivity index (χ0n) is 15.2. The molecule has 0 aromatic heterocycles. The zero-order valence-corrected chi connectivity index (χ0v) is 16.2. The number of guanidine groups is 1. The molecule has 0 unspecified atom stereocenters. The van der Waals surface area contributed by atoms with Gasteiger partial charge in [0.05, 0.1) is 0 Å². The molecule has 0 aliphatic heterocycles. The third-order valence-electron chi connectivity index (χ3n) is 3.20. The van der Waals surface area contributed by atoms with Gasteiger partial charge in [0.2, 0.25) is 0 Å². The first-order valence-electron chi connectivity index (χ1n) is 7.54. The first-order chi connectivity index (χ1) is 10.4. The molecular weight excluding hydrogens is 302 g/mol. The van der Waals surface area contributed by atoms with E-state index in [-0.39, 0.29) is 0 Å². The first-order valence-corrected chi connectivity index (χ1v) is 9.48. The lowest BCUT2D eigenvalue weighted by molar-refractivity contribution is 0.107. The second kappa shape index (κ2) is 11.8. The van der Waals surface area contributed by atoms with Gasteiger partial charge in [-0.1, -0.05) is 0 Å². The predicted octanol–water partition coefficient (Wildman–Crippen LogP) is 1.14. The summed E-state index contributed by atoms with van der Waals surface area (Å²) in [6, 6.07) is 0.764. The van der Waals surface area contributed by atoms with Crippen LogP contribution in [0.3, 0.4) is 0 Å². The Morgan fingerprint density at radius 1 is 0.864 bits per heavy atom. The maximum Gasteiger partial charge on any atom is 0.500 e.